The van der Waals surface area contributed by atoms with Crippen molar-refractivity contribution in [2.45, 2.75) is 11.8 Å². The van der Waals surface area contributed by atoms with Gasteiger partial charge in [0.05, 0.1) is 14.7 Å². The summed E-state index contributed by atoms with van der Waals surface area (Å²) in [5, 5.41) is 11.3. The Hall–Kier alpha value is -2.69. The molecule has 1 aliphatic heterocycles. The first-order chi connectivity index (χ1) is 13.7. The standard InChI is InChI=1S/C18H14ClN3O5S2/c1-2-21-17(23)16(11-12-4-3-5-14(10-12)22(24)25)28-18(21)20-29(26,27)15-8-6-13(19)7-9-15/h3-11H,2H2,1H3. The molecular weight excluding hydrogens is 438 g/mol. The van der Waals surface area contributed by atoms with Crippen LogP contribution in [0, 0.1) is 10.1 Å². The van der Waals surface area contributed by atoms with Gasteiger partial charge < -0.3 is 0 Å². The van der Waals surface area contributed by atoms with Crippen molar-refractivity contribution in [2.75, 3.05) is 6.54 Å². The molecule has 0 aromatic heterocycles. The average Bonchev–Trinajstić information content (AvgIpc) is 2.95. The first-order valence-corrected chi connectivity index (χ1v) is 10.9. The summed E-state index contributed by atoms with van der Waals surface area (Å²) in [6.07, 6.45) is 1.47. The summed E-state index contributed by atoms with van der Waals surface area (Å²) in [4.78, 5) is 24.5. The molecule has 11 heteroatoms. The van der Waals surface area contributed by atoms with Crippen molar-refractivity contribution < 1.29 is 18.1 Å². The number of nitrogens with zero attached hydrogens (tertiary/aromatic N) is 3. The molecule has 0 atom stereocenters. The van der Waals surface area contributed by atoms with Gasteiger partial charge in [-0.1, -0.05) is 23.7 Å². The van der Waals surface area contributed by atoms with E-state index in [1.54, 1.807) is 13.0 Å². The normalized spacial score (nSPS) is 17.3. The van der Waals surface area contributed by atoms with Crippen molar-refractivity contribution in [2.24, 2.45) is 4.40 Å². The molecule has 0 N–H and O–H groups in total. The highest BCUT2D eigenvalue weighted by Gasteiger charge is 2.34. The molecule has 2 aromatic carbocycles. The van der Waals surface area contributed by atoms with Gasteiger partial charge in [0, 0.05) is 23.7 Å². The second-order valence-corrected chi connectivity index (χ2v) is 8.86. The Kier molecular flexibility index (Phi) is 6.06. The van der Waals surface area contributed by atoms with E-state index in [1.807, 2.05) is 0 Å². The molecular formula is C18H14ClN3O5S2. The van der Waals surface area contributed by atoms with Crippen LogP contribution in [-0.4, -0.2) is 35.9 Å². The van der Waals surface area contributed by atoms with E-state index in [0.29, 0.717) is 10.6 Å². The minimum Gasteiger partial charge on any atom is -0.286 e. The fraction of sp³-hybridized carbons (Fsp3) is 0.111. The number of thioether (sulfide) groups is 1. The Balaban J connectivity index is 1.97. The monoisotopic (exact) mass is 451 g/mol. The van der Waals surface area contributed by atoms with Crippen LogP contribution in [0.4, 0.5) is 5.69 Å². The van der Waals surface area contributed by atoms with Crippen LogP contribution >= 0.6 is 23.4 Å². The first-order valence-electron chi connectivity index (χ1n) is 8.27. The maximum Gasteiger partial charge on any atom is 0.284 e. The van der Waals surface area contributed by atoms with Gasteiger partial charge in [-0.05, 0) is 54.6 Å². The zero-order valence-electron chi connectivity index (χ0n) is 15.0. The van der Waals surface area contributed by atoms with E-state index < -0.39 is 20.9 Å². The maximum atomic E-state index is 12.6. The fourth-order valence-electron chi connectivity index (χ4n) is 2.50. The van der Waals surface area contributed by atoms with E-state index in [-0.39, 0.29) is 27.2 Å². The Morgan fingerprint density at radius 2 is 1.93 bits per heavy atom. The average molecular weight is 452 g/mol. The molecule has 0 radical (unpaired) electrons. The van der Waals surface area contributed by atoms with Gasteiger partial charge >= 0.3 is 0 Å². The van der Waals surface area contributed by atoms with Gasteiger partial charge in [0.1, 0.15) is 0 Å². The summed E-state index contributed by atoms with van der Waals surface area (Å²) < 4.78 is 29.0. The summed E-state index contributed by atoms with van der Waals surface area (Å²) in [5.74, 6) is -0.422. The number of sulfonamides is 1. The van der Waals surface area contributed by atoms with Crippen molar-refractivity contribution in [3.05, 3.63) is 74.1 Å². The summed E-state index contributed by atoms with van der Waals surface area (Å²) >= 11 is 6.68. The highest BCUT2D eigenvalue weighted by atomic mass is 35.5. The van der Waals surface area contributed by atoms with Crippen molar-refractivity contribution in [1.82, 2.24) is 4.90 Å². The number of amidine groups is 1. The molecule has 0 aliphatic carbocycles. The zero-order valence-corrected chi connectivity index (χ0v) is 17.4. The molecule has 1 amide bonds. The van der Waals surface area contributed by atoms with Crippen molar-refractivity contribution in [3.8, 4) is 0 Å². The molecule has 1 fully saturated rings. The molecule has 1 saturated heterocycles. The van der Waals surface area contributed by atoms with Gasteiger partial charge in [0.15, 0.2) is 5.17 Å². The number of carbonyl (C=O) groups excluding carboxylic acids is 1. The Labute approximate surface area is 176 Å². The molecule has 0 unspecified atom stereocenters. The number of nitro groups is 1. The topological polar surface area (TPSA) is 110 Å². The number of halogens is 1. The lowest BCUT2D eigenvalue weighted by molar-refractivity contribution is -0.384. The molecule has 0 bridgehead atoms. The van der Waals surface area contributed by atoms with Crippen LogP contribution in [-0.2, 0) is 14.8 Å². The molecule has 3 rings (SSSR count). The molecule has 2 aromatic rings. The molecule has 8 nitrogen and oxygen atoms in total. The van der Waals surface area contributed by atoms with Gasteiger partial charge in [-0.3, -0.25) is 19.8 Å². The number of carbonyl (C=O) groups is 1. The predicted molar refractivity (Wildman–Crippen MR) is 112 cm³/mol. The van der Waals surface area contributed by atoms with Gasteiger partial charge in [0.2, 0.25) is 0 Å². The number of non-ortho nitro benzene ring substituents is 1. The fourth-order valence-corrected chi connectivity index (χ4v) is 4.87. The third-order valence-corrected chi connectivity index (χ3v) is 6.55. The molecule has 0 saturated carbocycles. The van der Waals surface area contributed by atoms with Crippen LogP contribution in [0.3, 0.4) is 0 Å². The summed E-state index contributed by atoms with van der Waals surface area (Å²) in [6, 6.07) is 11.3. The van der Waals surface area contributed by atoms with Crippen LogP contribution < -0.4 is 0 Å². The molecule has 1 aliphatic rings. The zero-order chi connectivity index (χ0) is 21.2. The van der Waals surface area contributed by atoms with Crippen LogP contribution in [0.2, 0.25) is 5.02 Å². The van der Waals surface area contributed by atoms with Gasteiger partial charge in [0.25, 0.3) is 21.6 Å². The van der Waals surface area contributed by atoms with Crippen molar-refractivity contribution in [3.63, 3.8) is 0 Å². The maximum absolute atomic E-state index is 12.6. The van der Waals surface area contributed by atoms with E-state index in [1.165, 1.54) is 53.4 Å². The van der Waals surface area contributed by atoms with E-state index in [0.717, 1.165) is 11.8 Å². The molecule has 0 spiro atoms. The lowest BCUT2D eigenvalue weighted by atomic mass is 10.2. The number of nitro benzene ring substituents is 1. The second-order valence-electron chi connectivity index (χ2n) is 5.82. The summed E-state index contributed by atoms with van der Waals surface area (Å²) in [6.45, 7) is 1.91. The minimum absolute atomic E-state index is 0.0177. The quantitative estimate of drug-likeness (QED) is 0.387. The number of benzene rings is 2. The van der Waals surface area contributed by atoms with Crippen LogP contribution in [0.15, 0.2) is 62.7 Å². The molecule has 150 valence electrons. The lowest BCUT2D eigenvalue weighted by Crippen LogP contribution is -2.29. The largest absolute Gasteiger partial charge is 0.286 e. The number of hydrogen-bond donors (Lipinski definition) is 0. The van der Waals surface area contributed by atoms with Gasteiger partial charge in [-0.2, -0.15) is 8.42 Å². The van der Waals surface area contributed by atoms with E-state index in [4.69, 9.17) is 11.6 Å². The SMILES string of the molecule is CCN1C(=O)C(=Cc2cccc([N+](=O)[O-])c2)SC1=NS(=O)(=O)c1ccc(Cl)cc1. The van der Waals surface area contributed by atoms with Crippen LogP contribution in [0.5, 0.6) is 0 Å². The third kappa shape index (κ3) is 4.66. The smallest absolute Gasteiger partial charge is 0.284 e. The Morgan fingerprint density at radius 1 is 1.24 bits per heavy atom. The van der Waals surface area contributed by atoms with E-state index in [2.05, 4.69) is 4.40 Å². The van der Waals surface area contributed by atoms with Gasteiger partial charge in [-0.25, -0.2) is 0 Å². The number of likely N-dealkylation sites (N-methyl/N-ethyl adjacent to an activating group) is 1. The molecule has 1 heterocycles. The predicted octanol–water partition coefficient (Wildman–Crippen LogP) is 3.93. The van der Waals surface area contributed by atoms with E-state index in [9.17, 15) is 23.3 Å². The van der Waals surface area contributed by atoms with Crippen molar-refractivity contribution >= 4 is 56.2 Å². The van der Waals surface area contributed by atoms with Crippen LogP contribution in [0.25, 0.3) is 6.08 Å². The second kappa shape index (κ2) is 8.36. The Bertz CT molecular complexity index is 1140. The van der Waals surface area contributed by atoms with Gasteiger partial charge in [-0.15, -0.1) is 4.40 Å². The first kappa shape index (κ1) is 21.0. The lowest BCUT2D eigenvalue weighted by Gasteiger charge is -2.11. The minimum atomic E-state index is -4.04. The number of hydrogen-bond acceptors (Lipinski definition) is 6. The highest BCUT2D eigenvalue weighted by Crippen LogP contribution is 2.34. The van der Waals surface area contributed by atoms with Crippen molar-refractivity contribution in [1.29, 1.82) is 0 Å². The van der Waals surface area contributed by atoms with Crippen LogP contribution in [0.1, 0.15) is 12.5 Å². The summed E-state index contributed by atoms with van der Waals surface area (Å²) in [5.41, 5.74) is 0.342. The Morgan fingerprint density at radius 3 is 2.55 bits per heavy atom. The number of amides is 1. The number of rotatable bonds is 5. The molecule has 29 heavy (non-hydrogen) atoms. The summed E-state index contributed by atoms with van der Waals surface area (Å²) in [7, 11) is -4.04. The highest BCUT2D eigenvalue weighted by molar-refractivity contribution is 8.19. The third-order valence-electron chi connectivity index (χ3n) is 3.89. The van der Waals surface area contributed by atoms with E-state index >= 15 is 0 Å².